The summed E-state index contributed by atoms with van der Waals surface area (Å²) in [5.74, 6) is -0.627. The van der Waals surface area contributed by atoms with Gasteiger partial charge in [-0.15, -0.1) is 0 Å². The predicted octanol–water partition coefficient (Wildman–Crippen LogP) is 5.11. The van der Waals surface area contributed by atoms with E-state index in [1.807, 2.05) is 0 Å². The minimum Gasteiger partial charge on any atom is -0.250 e. The molecule has 1 aromatic heterocycles. The normalized spacial score (nSPS) is 10.6. The third kappa shape index (κ3) is 3.79. The van der Waals surface area contributed by atoms with Gasteiger partial charge in [-0.05, 0) is 47.5 Å². The maximum atomic E-state index is 13.2. The Hall–Kier alpha value is -2.71. The lowest BCUT2D eigenvalue weighted by atomic mass is 10.0. The Balaban J connectivity index is 1.99. The van der Waals surface area contributed by atoms with Crippen LogP contribution in [0.3, 0.4) is 0 Å². The monoisotopic (exact) mass is 338 g/mol. The molecule has 1 heterocycles. The Bertz CT molecular complexity index is 826. The zero-order valence-corrected chi connectivity index (χ0v) is 13.3. The average Bonchev–Trinajstić information content (AvgIpc) is 2.62. The minimum absolute atomic E-state index is 0.187. The van der Waals surface area contributed by atoms with Gasteiger partial charge in [0.25, 0.3) is 0 Å². The highest BCUT2D eigenvalue weighted by Gasteiger charge is 2.17. The van der Waals surface area contributed by atoms with Crippen molar-refractivity contribution in [2.24, 2.45) is 0 Å². The lowest BCUT2D eigenvalue weighted by Crippen LogP contribution is -1.98. The molecule has 5 heteroatoms. The fourth-order valence-electron chi connectivity index (χ4n) is 2.27. The van der Waals surface area contributed by atoms with Gasteiger partial charge in [0.15, 0.2) is 0 Å². The highest BCUT2D eigenvalue weighted by molar-refractivity contribution is 7.99. The first-order valence-electron chi connectivity index (χ1n) is 7.19. The second-order valence-corrected chi connectivity index (χ2v) is 6.22. The van der Waals surface area contributed by atoms with Gasteiger partial charge < -0.3 is 0 Å². The summed E-state index contributed by atoms with van der Waals surface area (Å²) in [6.45, 7) is 0. The summed E-state index contributed by atoms with van der Waals surface area (Å²) in [5.41, 5.74) is 2.26. The fraction of sp³-hybridized carbons (Fsp3) is 0.0526. The number of thioether (sulfide) groups is 1. The van der Waals surface area contributed by atoms with E-state index in [1.54, 1.807) is 42.6 Å². The van der Waals surface area contributed by atoms with Crippen molar-refractivity contribution in [1.82, 2.24) is 4.98 Å². The SMILES string of the molecule is N#Cc1ccnc(SC(c2ccc(F)cc2)c2ccc(F)cc2)c1. The largest absolute Gasteiger partial charge is 0.250 e. The Labute approximate surface area is 142 Å². The number of nitriles is 1. The molecule has 3 rings (SSSR count). The van der Waals surface area contributed by atoms with Crippen LogP contribution in [-0.4, -0.2) is 4.98 Å². The highest BCUT2D eigenvalue weighted by Crippen LogP contribution is 2.39. The molecule has 0 saturated heterocycles. The number of nitrogens with zero attached hydrogens (tertiary/aromatic N) is 2. The number of hydrogen-bond acceptors (Lipinski definition) is 3. The van der Waals surface area contributed by atoms with Gasteiger partial charge in [-0.25, -0.2) is 13.8 Å². The minimum atomic E-state index is -0.314. The van der Waals surface area contributed by atoms with Gasteiger partial charge >= 0.3 is 0 Å². The van der Waals surface area contributed by atoms with Crippen molar-refractivity contribution < 1.29 is 8.78 Å². The molecule has 0 radical (unpaired) electrons. The maximum absolute atomic E-state index is 13.2. The van der Waals surface area contributed by atoms with Crippen molar-refractivity contribution in [2.75, 3.05) is 0 Å². The molecular formula is C19H12F2N2S. The van der Waals surface area contributed by atoms with E-state index in [9.17, 15) is 8.78 Å². The molecule has 0 saturated carbocycles. The number of pyridine rings is 1. The lowest BCUT2D eigenvalue weighted by Gasteiger charge is -2.17. The Kier molecular flexibility index (Phi) is 4.88. The maximum Gasteiger partial charge on any atom is 0.123 e. The molecule has 0 bridgehead atoms. The molecule has 0 atom stereocenters. The van der Waals surface area contributed by atoms with Crippen molar-refractivity contribution in [1.29, 1.82) is 5.26 Å². The van der Waals surface area contributed by atoms with Crippen LogP contribution in [0, 0.1) is 23.0 Å². The lowest BCUT2D eigenvalue weighted by molar-refractivity contribution is 0.626. The van der Waals surface area contributed by atoms with E-state index in [0.717, 1.165) is 11.1 Å². The second kappa shape index (κ2) is 7.24. The molecule has 0 fully saturated rings. The number of halogens is 2. The number of benzene rings is 2. The van der Waals surface area contributed by atoms with Crippen LogP contribution in [0.15, 0.2) is 71.9 Å². The smallest absolute Gasteiger partial charge is 0.123 e. The quantitative estimate of drug-likeness (QED) is 0.620. The van der Waals surface area contributed by atoms with E-state index in [2.05, 4.69) is 11.1 Å². The van der Waals surface area contributed by atoms with Crippen LogP contribution in [0.2, 0.25) is 0 Å². The summed E-state index contributed by atoms with van der Waals surface area (Å²) in [4.78, 5) is 4.28. The van der Waals surface area contributed by atoms with E-state index in [4.69, 9.17) is 5.26 Å². The first-order valence-corrected chi connectivity index (χ1v) is 8.07. The highest BCUT2D eigenvalue weighted by atomic mass is 32.2. The Morgan fingerprint density at radius 1 is 0.875 bits per heavy atom. The second-order valence-electron chi connectivity index (χ2n) is 5.10. The van der Waals surface area contributed by atoms with Gasteiger partial charge in [0.2, 0.25) is 0 Å². The summed E-state index contributed by atoms with van der Waals surface area (Å²) in [6, 6.07) is 17.8. The van der Waals surface area contributed by atoms with Crippen LogP contribution in [0.1, 0.15) is 21.9 Å². The van der Waals surface area contributed by atoms with Crippen molar-refractivity contribution >= 4 is 11.8 Å². The molecule has 0 aliphatic rings. The van der Waals surface area contributed by atoms with Gasteiger partial charge in [0.1, 0.15) is 11.6 Å². The molecule has 3 aromatic rings. The van der Waals surface area contributed by atoms with Crippen LogP contribution in [-0.2, 0) is 0 Å². The summed E-state index contributed by atoms with van der Waals surface area (Å²) in [5, 5.41) is 9.51. The van der Waals surface area contributed by atoms with Gasteiger partial charge in [-0.1, -0.05) is 36.0 Å². The Morgan fingerprint density at radius 3 is 1.92 bits per heavy atom. The van der Waals surface area contributed by atoms with Gasteiger partial charge in [-0.2, -0.15) is 5.26 Å². The van der Waals surface area contributed by atoms with Crippen molar-refractivity contribution in [2.45, 2.75) is 10.3 Å². The molecule has 0 unspecified atom stereocenters. The van der Waals surface area contributed by atoms with E-state index in [0.29, 0.717) is 10.6 Å². The van der Waals surface area contributed by atoms with Crippen LogP contribution in [0.5, 0.6) is 0 Å². The fourth-order valence-corrected chi connectivity index (χ4v) is 3.41. The molecule has 118 valence electrons. The third-order valence-electron chi connectivity index (χ3n) is 3.45. The average molecular weight is 338 g/mol. The molecule has 0 aliphatic heterocycles. The van der Waals surface area contributed by atoms with Crippen molar-refractivity contribution in [3.05, 3.63) is 95.2 Å². The zero-order chi connectivity index (χ0) is 16.9. The summed E-state index contributed by atoms with van der Waals surface area (Å²) in [7, 11) is 0. The molecular weight excluding hydrogens is 326 g/mol. The molecule has 2 aromatic carbocycles. The molecule has 0 aliphatic carbocycles. The van der Waals surface area contributed by atoms with Gasteiger partial charge in [0.05, 0.1) is 21.9 Å². The number of rotatable bonds is 4. The molecule has 0 spiro atoms. The van der Waals surface area contributed by atoms with E-state index >= 15 is 0 Å². The summed E-state index contributed by atoms with van der Waals surface area (Å²) >= 11 is 1.43. The van der Waals surface area contributed by atoms with Crippen molar-refractivity contribution in [3.63, 3.8) is 0 Å². The Morgan fingerprint density at radius 2 is 1.42 bits per heavy atom. The first-order chi connectivity index (χ1) is 11.7. The number of aromatic nitrogens is 1. The number of hydrogen-bond donors (Lipinski definition) is 0. The molecule has 0 amide bonds. The third-order valence-corrected chi connectivity index (χ3v) is 4.69. The summed E-state index contributed by atoms with van der Waals surface area (Å²) < 4.78 is 26.5. The van der Waals surface area contributed by atoms with E-state index in [-0.39, 0.29) is 16.9 Å². The predicted molar refractivity (Wildman–Crippen MR) is 89.5 cm³/mol. The van der Waals surface area contributed by atoms with Gasteiger partial charge in [0, 0.05) is 6.20 Å². The first kappa shape index (κ1) is 16.2. The van der Waals surface area contributed by atoms with Crippen LogP contribution >= 0.6 is 11.8 Å². The summed E-state index contributed by atoms with van der Waals surface area (Å²) in [6.07, 6.45) is 1.58. The van der Waals surface area contributed by atoms with Crippen molar-refractivity contribution in [3.8, 4) is 6.07 Å². The topological polar surface area (TPSA) is 36.7 Å². The van der Waals surface area contributed by atoms with Crippen LogP contribution < -0.4 is 0 Å². The van der Waals surface area contributed by atoms with E-state index in [1.165, 1.54) is 36.0 Å². The molecule has 0 N–H and O–H groups in total. The van der Waals surface area contributed by atoms with Crippen LogP contribution in [0.4, 0.5) is 8.78 Å². The zero-order valence-electron chi connectivity index (χ0n) is 12.5. The standard InChI is InChI=1S/C19H12F2N2S/c20-16-5-1-14(2-6-16)19(15-3-7-17(21)8-4-15)24-18-11-13(12-22)9-10-23-18/h1-11,19H. The van der Waals surface area contributed by atoms with Crippen LogP contribution in [0.25, 0.3) is 0 Å². The molecule has 2 nitrogen and oxygen atoms in total. The van der Waals surface area contributed by atoms with Gasteiger partial charge in [-0.3, -0.25) is 0 Å². The van der Waals surface area contributed by atoms with E-state index < -0.39 is 0 Å². The molecule has 24 heavy (non-hydrogen) atoms.